The minimum atomic E-state index is -1.39. The van der Waals surface area contributed by atoms with Gasteiger partial charge in [-0.3, -0.25) is 9.59 Å². The summed E-state index contributed by atoms with van der Waals surface area (Å²) >= 11 is 0. The zero-order valence-corrected chi connectivity index (χ0v) is 25.2. The number of aliphatic carboxylic acids is 1. The monoisotopic (exact) mass is 567 g/mol. The Morgan fingerprint density at radius 1 is 0.800 bits per heavy atom. The summed E-state index contributed by atoms with van der Waals surface area (Å²) in [6.07, 6.45) is -3.60. The molecule has 0 aliphatic carbocycles. The van der Waals surface area contributed by atoms with Crippen molar-refractivity contribution < 1.29 is 48.0 Å². The van der Waals surface area contributed by atoms with E-state index < -0.39 is 59.9 Å². The van der Waals surface area contributed by atoms with E-state index in [9.17, 15) is 24.3 Å². The van der Waals surface area contributed by atoms with Crippen molar-refractivity contribution in [1.29, 1.82) is 0 Å². The quantitative estimate of drug-likeness (QED) is 0.182. The minimum absolute atomic E-state index is 0.0114. The third-order valence-corrected chi connectivity index (χ3v) is 6.45. The number of carbonyl (C=O) groups excluding carboxylic acids is 3. The van der Waals surface area contributed by atoms with Crippen molar-refractivity contribution >= 4 is 24.2 Å². The molecule has 11 heteroatoms. The lowest BCUT2D eigenvalue weighted by molar-refractivity contribution is -0.158. The van der Waals surface area contributed by atoms with E-state index >= 15 is 0 Å². The maximum atomic E-state index is 12.6. The predicted molar refractivity (Wildman–Crippen MR) is 147 cm³/mol. The molecular formula is C29H45NO10. The van der Waals surface area contributed by atoms with Gasteiger partial charge >= 0.3 is 24.2 Å². The van der Waals surface area contributed by atoms with E-state index in [2.05, 4.69) is 0 Å². The van der Waals surface area contributed by atoms with Gasteiger partial charge in [-0.1, -0.05) is 33.8 Å². The van der Waals surface area contributed by atoms with Crippen LogP contribution in [0.1, 0.15) is 87.1 Å². The Morgan fingerprint density at radius 3 is 1.70 bits per heavy atom. The zero-order chi connectivity index (χ0) is 30.9. The summed E-state index contributed by atoms with van der Waals surface area (Å²) < 4.78 is 26.8. The Labute approximate surface area is 236 Å². The van der Waals surface area contributed by atoms with Gasteiger partial charge in [-0.05, 0) is 77.5 Å². The van der Waals surface area contributed by atoms with Crippen LogP contribution in [-0.2, 0) is 23.8 Å². The first kappa shape index (κ1) is 34.7. The normalized spacial score (nSPS) is 15.4. The van der Waals surface area contributed by atoms with Gasteiger partial charge in [-0.25, -0.2) is 9.59 Å². The second kappa shape index (κ2) is 14.9. The number of carbonyl (C=O) groups is 4. The van der Waals surface area contributed by atoms with E-state index in [-0.39, 0.29) is 29.8 Å². The number of carboxylic acid groups (broad SMARTS) is 1. The summed E-state index contributed by atoms with van der Waals surface area (Å²) in [7, 11) is 0. The molecule has 0 aliphatic heterocycles. The van der Waals surface area contributed by atoms with Crippen molar-refractivity contribution in [2.24, 2.45) is 23.0 Å². The number of hydrogen-bond donors (Lipinski definition) is 2. The molecule has 0 radical (unpaired) electrons. The van der Waals surface area contributed by atoms with Crippen LogP contribution in [0.3, 0.4) is 0 Å². The van der Waals surface area contributed by atoms with Crippen LogP contribution in [0.5, 0.6) is 11.5 Å². The predicted octanol–water partition coefficient (Wildman–Crippen LogP) is 5.67. The summed E-state index contributed by atoms with van der Waals surface area (Å²) in [5.41, 5.74) is 5.63. The second-order valence-corrected chi connectivity index (χ2v) is 11.7. The van der Waals surface area contributed by atoms with Crippen LogP contribution in [0.25, 0.3) is 0 Å². The number of carboxylic acids is 1. The van der Waals surface area contributed by atoms with Crippen molar-refractivity contribution in [2.75, 3.05) is 0 Å². The molecular weight excluding hydrogens is 522 g/mol. The van der Waals surface area contributed by atoms with E-state index in [1.807, 2.05) is 27.7 Å². The SMILES string of the molecule is CC(CC(c1ccc(OC(=O)OC(C)C(C)C)c(OC(=O)OC(C)C(C)C)c1)[C@H](N)C(=O)O)OC(=O)C(C)(C)C. The van der Waals surface area contributed by atoms with Crippen molar-refractivity contribution in [3.8, 4) is 11.5 Å². The molecule has 0 spiro atoms. The molecule has 0 fully saturated rings. The van der Waals surface area contributed by atoms with Crippen LogP contribution >= 0.6 is 0 Å². The first-order chi connectivity index (χ1) is 18.3. The molecule has 3 N–H and O–H groups in total. The largest absolute Gasteiger partial charge is 0.514 e. The summed E-state index contributed by atoms with van der Waals surface area (Å²) in [5, 5.41) is 9.68. The van der Waals surface area contributed by atoms with Crippen LogP contribution < -0.4 is 15.2 Å². The highest BCUT2D eigenvalue weighted by Gasteiger charge is 2.32. The molecule has 0 aliphatic rings. The van der Waals surface area contributed by atoms with E-state index in [0.717, 1.165) is 0 Å². The molecule has 1 aromatic rings. The standard InChI is InChI=1S/C29H45NO10/c1-15(2)18(6)37-27(34)39-22-12-11-20(14-23(22)40-28(35)38-19(7)16(3)4)21(24(30)25(31)32)13-17(5)36-26(33)29(8,9)10/h11-12,14-19,21,24H,13,30H2,1-10H3,(H,31,32)/t17?,18?,19?,21?,24-/m0/s1. The summed E-state index contributed by atoms with van der Waals surface area (Å²) in [5.74, 6) is -2.90. The number of rotatable bonds is 12. The highest BCUT2D eigenvalue weighted by molar-refractivity contribution is 5.76. The Bertz CT molecular complexity index is 1030. The number of hydrogen-bond acceptors (Lipinski definition) is 10. The van der Waals surface area contributed by atoms with Crippen molar-refractivity contribution in [1.82, 2.24) is 0 Å². The first-order valence-electron chi connectivity index (χ1n) is 13.4. The van der Waals surface area contributed by atoms with Gasteiger partial charge in [0.25, 0.3) is 0 Å². The number of nitrogens with two attached hydrogens (primary N) is 1. The van der Waals surface area contributed by atoms with Gasteiger partial charge in [0.1, 0.15) is 18.2 Å². The molecule has 11 nitrogen and oxygen atoms in total. The maximum absolute atomic E-state index is 12.6. The van der Waals surface area contributed by atoms with Crippen LogP contribution in [0.2, 0.25) is 0 Å². The van der Waals surface area contributed by atoms with Crippen molar-refractivity contribution in [3.05, 3.63) is 23.8 Å². The average Bonchev–Trinajstić information content (AvgIpc) is 2.82. The molecule has 0 saturated heterocycles. The van der Waals surface area contributed by atoms with E-state index in [1.54, 1.807) is 41.5 Å². The Balaban J connectivity index is 3.41. The fourth-order valence-corrected chi connectivity index (χ4v) is 3.15. The molecule has 5 atom stereocenters. The summed E-state index contributed by atoms with van der Waals surface area (Å²) in [6, 6.07) is 2.80. The van der Waals surface area contributed by atoms with E-state index in [4.69, 9.17) is 29.4 Å². The van der Waals surface area contributed by atoms with Crippen LogP contribution in [0, 0.1) is 17.3 Å². The smallest absolute Gasteiger partial charge is 0.480 e. The maximum Gasteiger partial charge on any atom is 0.514 e. The van der Waals surface area contributed by atoms with E-state index in [1.165, 1.54) is 18.2 Å². The average molecular weight is 568 g/mol. The molecule has 0 heterocycles. The highest BCUT2D eigenvalue weighted by Crippen LogP contribution is 2.35. The number of esters is 1. The third-order valence-electron chi connectivity index (χ3n) is 6.45. The van der Waals surface area contributed by atoms with Gasteiger partial charge in [0.2, 0.25) is 0 Å². The molecule has 0 aromatic heterocycles. The minimum Gasteiger partial charge on any atom is -0.480 e. The number of ether oxygens (including phenoxy) is 5. The summed E-state index contributed by atoms with van der Waals surface area (Å²) in [6.45, 7) is 17.6. The van der Waals surface area contributed by atoms with Gasteiger partial charge in [0, 0.05) is 5.92 Å². The van der Waals surface area contributed by atoms with Crippen molar-refractivity contribution in [3.63, 3.8) is 0 Å². The molecule has 40 heavy (non-hydrogen) atoms. The Kier molecular flexibility index (Phi) is 12.9. The molecule has 4 unspecified atom stereocenters. The van der Waals surface area contributed by atoms with Gasteiger partial charge in [0.15, 0.2) is 11.5 Å². The molecule has 1 aromatic carbocycles. The molecule has 0 amide bonds. The molecule has 1 rings (SSSR count). The van der Waals surface area contributed by atoms with Crippen LogP contribution in [0.4, 0.5) is 9.59 Å². The molecule has 0 bridgehead atoms. The highest BCUT2D eigenvalue weighted by atomic mass is 16.7. The topological polar surface area (TPSA) is 161 Å². The van der Waals surface area contributed by atoms with Gasteiger partial charge < -0.3 is 34.5 Å². The van der Waals surface area contributed by atoms with Crippen molar-refractivity contribution in [2.45, 2.75) is 106 Å². The van der Waals surface area contributed by atoms with Gasteiger partial charge in [0.05, 0.1) is 11.5 Å². The Hall–Kier alpha value is -3.34. The lowest BCUT2D eigenvalue weighted by Crippen LogP contribution is -2.39. The second-order valence-electron chi connectivity index (χ2n) is 11.7. The first-order valence-corrected chi connectivity index (χ1v) is 13.4. The fourth-order valence-electron chi connectivity index (χ4n) is 3.15. The lowest BCUT2D eigenvalue weighted by atomic mass is 9.86. The van der Waals surface area contributed by atoms with Gasteiger partial charge in [-0.2, -0.15) is 0 Å². The Morgan fingerprint density at radius 2 is 1.27 bits per heavy atom. The fraction of sp³-hybridized carbons (Fsp3) is 0.655. The van der Waals surface area contributed by atoms with E-state index in [0.29, 0.717) is 5.56 Å². The molecule has 226 valence electrons. The van der Waals surface area contributed by atoms with Gasteiger partial charge in [-0.15, -0.1) is 0 Å². The zero-order valence-electron chi connectivity index (χ0n) is 25.2. The molecule has 0 saturated carbocycles. The van der Waals surface area contributed by atoms with Crippen LogP contribution in [0.15, 0.2) is 18.2 Å². The lowest BCUT2D eigenvalue weighted by Gasteiger charge is -2.27. The number of benzene rings is 1. The third kappa shape index (κ3) is 11.0. The van der Waals surface area contributed by atoms with Crippen LogP contribution in [-0.4, -0.2) is 53.7 Å². The summed E-state index contributed by atoms with van der Waals surface area (Å²) in [4.78, 5) is 49.2.